The van der Waals surface area contributed by atoms with Crippen molar-refractivity contribution in [3.8, 4) is 11.5 Å². The van der Waals surface area contributed by atoms with Crippen molar-refractivity contribution in [3.05, 3.63) is 58.7 Å². The van der Waals surface area contributed by atoms with E-state index in [4.69, 9.17) is 9.47 Å². The summed E-state index contributed by atoms with van der Waals surface area (Å²) in [5.41, 5.74) is 3.88. The van der Waals surface area contributed by atoms with Crippen LogP contribution < -0.4 is 9.47 Å². The molecule has 132 valence electrons. The Hall–Kier alpha value is -2.49. The largest absolute Gasteiger partial charge is 0.496 e. The zero-order valence-electron chi connectivity index (χ0n) is 15.3. The first-order valence-electron chi connectivity index (χ1n) is 8.62. The van der Waals surface area contributed by atoms with Gasteiger partial charge in [-0.25, -0.2) is 0 Å². The molecule has 0 spiro atoms. The topological polar surface area (TPSA) is 38.8 Å². The van der Waals surface area contributed by atoms with Gasteiger partial charge in [0.15, 0.2) is 0 Å². The van der Waals surface area contributed by atoms with E-state index in [1.807, 2.05) is 24.0 Å². The molecule has 1 aliphatic carbocycles. The van der Waals surface area contributed by atoms with Gasteiger partial charge in [0.1, 0.15) is 11.5 Å². The first-order valence-corrected chi connectivity index (χ1v) is 8.62. The maximum absolute atomic E-state index is 13.2. The molecular formula is C21H25NO3. The Kier molecular flexibility index (Phi) is 4.98. The van der Waals surface area contributed by atoms with Crippen LogP contribution in [0.3, 0.4) is 0 Å². The highest BCUT2D eigenvalue weighted by atomic mass is 16.5. The molecule has 0 aliphatic heterocycles. The van der Waals surface area contributed by atoms with Gasteiger partial charge in [0.25, 0.3) is 5.91 Å². The van der Waals surface area contributed by atoms with Gasteiger partial charge in [0, 0.05) is 23.7 Å². The molecule has 0 N–H and O–H groups in total. The molecule has 0 saturated heterocycles. The summed E-state index contributed by atoms with van der Waals surface area (Å²) in [6, 6.07) is 12.3. The molecule has 0 atom stereocenters. The van der Waals surface area contributed by atoms with Crippen LogP contribution in [0.2, 0.25) is 0 Å². The van der Waals surface area contributed by atoms with Crippen LogP contribution >= 0.6 is 0 Å². The Bertz CT molecular complexity index is 738. The lowest BCUT2D eigenvalue weighted by atomic mass is 10.1. The first kappa shape index (κ1) is 17.3. The Morgan fingerprint density at radius 3 is 2.08 bits per heavy atom. The predicted octanol–water partition coefficient (Wildman–Crippen LogP) is 4.13. The molecule has 0 heterocycles. The van der Waals surface area contributed by atoms with E-state index in [0.717, 1.165) is 24.0 Å². The molecule has 3 rings (SSSR count). The zero-order chi connectivity index (χ0) is 18.0. The van der Waals surface area contributed by atoms with E-state index < -0.39 is 0 Å². The van der Waals surface area contributed by atoms with Crippen LogP contribution in [0.4, 0.5) is 0 Å². The van der Waals surface area contributed by atoms with E-state index in [0.29, 0.717) is 29.6 Å². The molecule has 2 aromatic carbocycles. The van der Waals surface area contributed by atoms with E-state index in [1.54, 1.807) is 14.2 Å². The fourth-order valence-corrected chi connectivity index (χ4v) is 3.02. The van der Waals surface area contributed by atoms with Crippen LogP contribution in [-0.4, -0.2) is 31.1 Å². The summed E-state index contributed by atoms with van der Waals surface area (Å²) < 4.78 is 10.8. The molecule has 0 bridgehead atoms. The van der Waals surface area contributed by atoms with E-state index >= 15 is 0 Å². The van der Waals surface area contributed by atoms with Gasteiger partial charge in [-0.2, -0.15) is 0 Å². The molecule has 1 aliphatic rings. The van der Waals surface area contributed by atoms with Crippen molar-refractivity contribution in [1.29, 1.82) is 0 Å². The number of hydrogen-bond acceptors (Lipinski definition) is 3. The van der Waals surface area contributed by atoms with E-state index in [2.05, 4.69) is 31.2 Å². The van der Waals surface area contributed by atoms with Crippen LogP contribution in [0.25, 0.3) is 0 Å². The quantitative estimate of drug-likeness (QED) is 0.794. The van der Waals surface area contributed by atoms with Gasteiger partial charge in [-0.3, -0.25) is 4.79 Å². The smallest absolute Gasteiger partial charge is 0.254 e. The second kappa shape index (κ2) is 7.18. The average molecular weight is 339 g/mol. The van der Waals surface area contributed by atoms with Crippen molar-refractivity contribution in [3.63, 3.8) is 0 Å². The van der Waals surface area contributed by atoms with Gasteiger partial charge in [-0.05, 0) is 44.4 Å². The predicted molar refractivity (Wildman–Crippen MR) is 98.4 cm³/mol. The van der Waals surface area contributed by atoms with Crippen LogP contribution in [0.15, 0.2) is 36.4 Å². The third kappa shape index (κ3) is 3.78. The molecule has 0 radical (unpaired) electrons. The molecule has 0 unspecified atom stereocenters. The Morgan fingerprint density at radius 1 is 1.04 bits per heavy atom. The fourth-order valence-electron chi connectivity index (χ4n) is 3.02. The lowest BCUT2D eigenvalue weighted by Crippen LogP contribution is -2.32. The normalized spacial score (nSPS) is 13.4. The number of methoxy groups -OCH3 is 2. The number of rotatable bonds is 6. The maximum atomic E-state index is 13.2. The SMILES string of the molecule is COc1cc(C(=O)N(Cc2ccc(C)cc2)C2CC2)cc(OC)c1C. The van der Waals surface area contributed by atoms with Gasteiger partial charge >= 0.3 is 0 Å². The van der Waals surface area contributed by atoms with Crippen LogP contribution in [0.5, 0.6) is 11.5 Å². The number of carbonyl (C=O) groups excluding carboxylic acids is 1. The number of benzene rings is 2. The molecule has 4 nitrogen and oxygen atoms in total. The molecule has 4 heteroatoms. The number of amides is 1. The number of carbonyl (C=O) groups is 1. The summed E-state index contributed by atoms with van der Waals surface area (Å²) in [4.78, 5) is 15.1. The minimum atomic E-state index is 0.0275. The lowest BCUT2D eigenvalue weighted by molar-refractivity contribution is 0.0729. The molecule has 2 aromatic rings. The molecular weight excluding hydrogens is 314 g/mol. The van der Waals surface area contributed by atoms with Gasteiger partial charge < -0.3 is 14.4 Å². The molecule has 1 fully saturated rings. The van der Waals surface area contributed by atoms with Crippen LogP contribution in [-0.2, 0) is 6.54 Å². The van der Waals surface area contributed by atoms with Gasteiger partial charge in [0.05, 0.1) is 14.2 Å². The van der Waals surface area contributed by atoms with Gasteiger partial charge in [-0.1, -0.05) is 29.8 Å². The molecule has 0 aromatic heterocycles. The van der Waals surface area contributed by atoms with Crippen LogP contribution in [0.1, 0.15) is 39.9 Å². The van der Waals surface area contributed by atoms with E-state index in [-0.39, 0.29) is 5.91 Å². The van der Waals surface area contributed by atoms with Crippen LogP contribution in [0, 0.1) is 13.8 Å². The third-order valence-electron chi connectivity index (χ3n) is 4.72. The maximum Gasteiger partial charge on any atom is 0.254 e. The second-order valence-electron chi connectivity index (χ2n) is 6.66. The van der Waals surface area contributed by atoms with Crippen molar-refractivity contribution in [2.24, 2.45) is 0 Å². The Labute approximate surface area is 149 Å². The summed E-state index contributed by atoms with van der Waals surface area (Å²) >= 11 is 0. The molecule has 1 saturated carbocycles. The number of ether oxygens (including phenoxy) is 2. The minimum Gasteiger partial charge on any atom is -0.496 e. The van der Waals surface area contributed by atoms with Gasteiger partial charge in [-0.15, -0.1) is 0 Å². The van der Waals surface area contributed by atoms with Crippen molar-refractivity contribution >= 4 is 5.91 Å². The highest BCUT2D eigenvalue weighted by Gasteiger charge is 2.33. The van der Waals surface area contributed by atoms with E-state index in [1.165, 1.54) is 5.56 Å². The summed E-state index contributed by atoms with van der Waals surface area (Å²) in [7, 11) is 3.22. The monoisotopic (exact) mass is 339 g/mol. The second-order valence-corrected chi connectivity index (χ2v) is 6.66. The third-order valence-corrected chi connectivity index (χ3v) is 4.72. The van der Waals surface area contributed by atoms with Crippen molar-refractivity contribution in [1.82, 2.24) is 4.90 Å². The minimum absolute atomic E-state index is 0.0275. The number of hydrogen-bond donors (Lipinski definition) is 0. The summed E-state index contributed by atoms with van der Waals surface area (Å²) in [6.45, 7) is 4.62. The zero-order valence-corrected chi connectivity index (χ0v) is 15.3. The lowest BCUT2D eigenvalue weighted by Gasteiger charge is -2.23. The summed E-state index contributed by atoms with van der Waals surface area (Å²) in [5.74, 6) is 1.38. The van der Waals surface area contributed by atoms with E-state index in [9.17, 15) is 4.79 Å². The van der Waals surface area contributed by atoms with Gasteiger partial charge in [0.2, 0.25) is 0 Å². The molecule has 25 heavy (non-hydrogen) atoms. The average Bonchev–Trinajstić information content (AvgIpc) is 3.46. The van der Waals surface area contributed by atoms with Crippen molar-refractivity contribution in [2.75, 3.05) is 14.2 Å². The standard InChI is InChI=1S/C21H25NO3/c1-14-5-7-16(8-6-14)13-22(18-9-10-18)21(23)17-11-19(24-3)15(2)20(12-17)25-4/h5-8,11-12,18H,9-10,13H2,1-4H3. The Morgan fingerprint density at radius 2 is 1.60 bits per heavy atom. The first-order chi connectivity index (χ1) is 12.0. The fraction of sp³-hybridized carbons (Fsp3) is 0.381. The van der Waals surface area contributed by atoms with Crippen molar-refractivity contribution in [2.45, 2.75) is 39.3 Å². The summed E-state index contributed by atoms with van der Waals surface area (Å²) in [5, 5.41) is 0. The van der Waals surface area contributed by atoms with Crippen molar-refractivity contribution < 1.29 is 14.3 Å². The number of aryl methyl sites for hydroxylation is 1. The highest BCUT2D eigenvalue weighted by molar-refractivity contribution is 5.95. The summed E-state index contributed by atoms with van der Waals surface area (Å²) in [6.07, 6.45) is 2.13. The highest BCUT2D eigenvalue weighted by Crippen LogP contribution is 2.33. The molecule has 1 amide bonds. The number of nitrogens with zero attached hydrogens (tertiary/aromatic N) is 1. The Balaban J connectivity index is 1.89.